The standard InChI is InChI=1S/C35H27BrClN3O4S/c1-21-31(33(41)39-27-8-4-3-5-9-27)32(23-7-6-10-28(18-23)43-2)40-34(42)30(45-35(40)38-21)19-24-17-26(37)15-16-29(24)44-20-22-11-13-25(36)14-12-22/h3-19,32H,20H2,1-2H3,(H,39,41)/b30-19-/t32-/m1/s1. The molecule has 4 aromatic carbocycles. The number of allylic oxidation sites excluding steroid dienone is 1. The Morgan fingerprint density at radius 2 is 1.82 bits per heavy atom. The van der Waals surface area contributed by atoms with Crippen molar-refractivity contribution in [1.82, 2.24) is 4.57 Å². The number of carbonyl (C=O) groups excluding carboxylic acids is 1. The number of hydrogen-bond acceptors (Lipinski definition) is 6. The Hall–Kier alpha value is -4.44. The van der Waals surface area contributed by atoms with Crippen LogP contribution in [0.3, 0.4) is 0 Å². The van der Waals surface area contributed by atoms with Crippen molar-refractivity contribution in [2.24, 2.45) is 4.99 Å². The minimum Gasteiger partial charge on any atom is -0.497 e. The van der Waals surface area contributed by atoms with E-state index in [2.05, 4.69) is 21.2 Å². The molecule has 7 nitrogen and oxygen atoms in total. The second-order valence-corrected chi connectivity index (χ2v) is 12.6. The highest BCUT2D eigenvalue weighted by Crippen LogP contribution is 2.32. The van der Waals surface area contributed by atoms with Crippen molar-refractivity contribution < 1.29 is 14.3 Å². The van der Waals surface area contributed by atoms with E-state index in [4.69, 9.17) is 26.1 Å². The molecule has 6 rings (SSSR count). The molecule has 45 heavy (non-hydrogen) atoms. The van der Waals surface area contributed by atoms with E-state index in [1.807, 2.05) is 78.9 Å². The van der Waals surface area contributed by atoms with Crippen LogP contribution in [0.2, 0.25) is 5.02 Å². The third-order valence-electron chi connectivity index (χ3n) is 7.27. The lowest BCUT2D eigenvalue weighted by atomic mass is 9.95. The molecule has 0 spiro atoms. The maximum atomic E-state index is 14.2. The summed E-state index contributed by atoms with van der Waals surface area (Å²) in [6, 6.07) is 29.0. The fraction of sp³-hybridized carbons (Fsp3) is 0.114. The lowest BCUT2D eigenvalue weighted by molar-refractivity contribution is -0.113. The van der Waals surface area contributed by atoms with Gasteiger partial charge in [-0.1, -0.05) is 81.3 Å². The smallest absolute Gasteiger partial charge is 0.271 e. The molecule has 1 aromatic heterocycles. The Balaban J connectivity index is 1.45. The fourth-order valence-electron chi connectivity index (χ4n) is 5.11. The van der Waals surface area contributed by atoms with E-state index in [0.29, 0.717) is 55.0 Å². The summed E-state index contributed by atoms with van der Waals surface area (Å²) < 4.78 is 14.6. The molecule has 1 aliphatic heterocycles. The number of halogens is 2. The summed E-state index contributed by atoms with van der Waals surface area (Å²) in [5, 5.41) is 3.48. The van der Waals surface area contributed by atoms with Gasteiger partial charge in [0.05, 0.1) is 29.0 Å². The summed E-state index contributed by atoms with van der Waals surface area (Å²) >= 11 is 11.1. The van der Waals surface area contributed by atoms with Gasteiger partial charge in [0.15, 0.2) is 4.80 Å². The molecule has 0 unspecified atom stereocenters. The second kappa shape index (κ2) is 13.3. The minimum atomic E-state index is -0.741. The zero-order valence-electron chi connectivity index (χ0n) is 24.3. The fourth-order valence-corrected chi connectivity index (χ4v) is 6.59. The van der Waals surface area contributed by atoms with Crippen molar-refractivity contribution in [3.05, 3.63) is 154 Å². The van der Waals surface area contributed by atoms with Gasteiger partial charge in [0.2, 0.25) is 0 Å². The Morgan fingerprint density at radius 1 is 1.04 bits per heavy atom. The molecule has 10 heteroatoms. The van der Waals surface area contributed by atoms with Crippen LogP contribution in [0, 0.1) is 0 Å². The first-order chi connectivity index (χ1) is 21.8. The number of para-hydroxylation sites is 1. The molecule has 0 fully saturated rings. The van der Waals surface area contributed by atoms with Gasteiger partial charge >= 0.3 is 0 Å². The van der Waals surface area contributed by atoms with Crippen molar-refractivity contribution in [1.29, 1.82) is 0 Å². The number of ether oxygens (including phenoxy) is 2. The van der Waals surface area contributed by atoms with Gasteiger partial charge < -0.3 is 14.8 Å². The highest BCUT2D eigenvalue weighted by molar-refractivity contribution is 9.10. The molecule has 1 N–H and O–H groups in total. The number of nitrogens with one attached hydrogen (secondary N) is 1. The topological polar surface area (TPSA) is 81.9 Å². The van der Waals surface area contributed by atoms with E-state index in [9.17, 15) is 9.59 Å². The number of methoxy groups -OCH3 is 1. The highest BCUT2D eigenvalue weighted by atomic mass is 79.9. The van der Waals surface area contributed by atoms with Crippen molar-refractivity contribution >= 4 is 56.5 Å². The van der Waals surface area contributed by atoms with Crippen molar-refractivity contribution in [3.63, 3.8) is 0 Å². The van der Waals surface area contributed by atoms with Crippen molar-refractivity contribution in [2.75, 3.05) is 12.4 Å². The van der Waals surface area contributed by atoms with E-state index in [1.54, 1.807) is 42.9 Å². The number of anilines is 1. The van der Waals surface area contributed by atoms with E-state index in [0.717, 1.165) is 15.6 Å². The van der Waals surface area contributed by atoms with Crippen LogP contribution >= 0.6 is 38.9 Å². The molecule has 1 aliphatic rings. The predicted octanol–water partition coefficient (Wildman–Crippen LogP) is 6.88. The normalized spacial score (nSPS) is 14.5. The summed E-state index contributed by atoms with van der Waals surface area (Å²) in [5.41, 5.74) is 3.60. The first-order valence-electron chi connectivity index (χ1n) is 14.0. The van der Waals surface area contributed by atoms with Crippen LogP contribution in [0.4, 0.5) is 5.69 Å². The number of nitrogens with zero attached hydrogens (tertiary/aromatic N) is 2. The molecule has 1 amide bonds. The molecule has 2 heterocycles. The number of carbonyl (C=O) groups is 1. The predicted molar refractivity (Wildman–Crippen MR) is 182 cm³/mol. The van der Waals surface area contributed by atoms with Gasteiger partial charge in [-0.25, -0.2) is 4.99 Å². The van der Waals surface area contributed by atoms with Crippen LogP contribution in [0.5, 0.6) is 11.5 Å². The van der Waals surface area contributed by atoms with E-state index < -0.39 is 6.04 Å². The summed E-state index contributed by atoms with van der Waals surface area (Å²) in [5.74, 6) is 0.846. The minimum absolute atomic E-state index is 0.289. The molecular formula is C35H27BrClN3O4S. The number of benzene rings is 4. The SMILES string of the molecule is COc1cccc([C@@H]2C(C(=O)Nc3ccccc3)=C(C)N=c3s/c(=C\c4cc(Cl)ccc4OCc4ccc(Br)cc4)c(=O)n32)c1. The van der Waals surface area contributed by atoms with Gasteiger partial charge in [-0.05, 0) is 78.7 Å². The third-order valence-corrected chi connectivity index (χ3v) is 9.02. The van der Waals surface area contributed by atoms with Gasteiger partial charge in [-0.15, -0.1) is 0 Å². The molecule has 226 valence electrons. The number of hydrogen-bond donors (Lipinski definition) is 1. The Morgan fingerprint density at radius 3 is 2.58 bits per heavy atom. The van der Waals surface area contributed by atoms with E-state index >= 15 is 0 Å². The first-order valence-corrected chi connectivity index (χ1v) is 16.0. The number of fused-ring (bicyclic) bond motifs is 1. The monoisotopic (exact) mass is 699 g/mol. The molecule has 0 radical (unpaired) electrons. The highest BCUT2D eigenvalue weighted by Gasteiger charge is 2.32. The molecule has 0 bridgehead atoms. The molecule has 0 saturated heterocycles. The quantitative estimate of drug-likeness (QED) is 0.192. The van der Waals surface area contributed by atoms with Gasteiger partial charge in [-0.2, -0.15) is 0 Å². The Labute approximate surface area is 276 Å². The second-order valence-electron chi connectivity index (χ2n) is 10.3. The Bertz CT molecular complexity index is 2110. The first kappa shape index (κ1) is 30.6. The van der Waals surface area contributed by atoms with Crippen LogP contribution in [0.1, 0.15) is 29.7 Å². The molecule has 0 saturated carbocycles. The maximum absolute atomic E-state index is 14.2. The van der Waals surface area contributed by atoms with Gasteiger partial charge in [-0.3, -0.25) is 14.2 Å². The lowest BCUT2D eigenvalue weighted by Gasteiger charge is -2.25. The van der Waals surface area contributed by atoms with Crippen LogP contribution in [-0.4, -0.2) is 17.6 Å². The van der Waals surface area contributed by atoms with Gasteiger partial charge in [0, 0.05) is 20.7 Å². The van der Waals surface area contributed by atoms with Gasteiger partial charge in [0.25, 0.3) is 11.5 Å². The van der Waals surface area contributed by atoms with E-state index in [-0.39, 0.29) is 11.5 Å². The van der Waals surface area contributed by atoms with Crippen molar-refractivity contribution in [3.8, 4) is 11.5 Å². The van der Waals surface area contributed by atoms with Crippen LogP contribution in [-0.2, 0) is 11.4 Å². The number of aromatic nitrogens is 1. The molecule has 1 atom stereocenters. The van der Waals surface area contributed by atoms with Gasteiger partial charge in [0.1, 0.15) is 18.1 Å². The number of thiazole rings is 1. The third kappa shape index (κ3) is 6.66. The van der Waals surface area contributed by atoms with Crippen LogP contribution in [0.15, 0.2) is 123 Å². The van der Waals surface area contributed by atoms with E-state index in [1.165, 1.54) is 11.3 Å². The maximum Gasteiger partial charge on any atom is 0.271 e. The summed E-state index contributed by atoms with van der Waals surface area (Å²) in [4.78, 5) is 33.2. The zero-order chi connectivity index (χ0) is 31.5. The average Bonchev–Trinajstić information content (AvgIpc) is 3.34. The lowest BCUT2D eigenvalue weighted by Crippen LogP contribution is -2.40. The number of rotatable bonds is 8. The average molecular weight is 701 g/mol. The summed E-state index contributed by atoms with van der Waals surface area (Å²) in [6.45, 7) is 2.13. The number of amides is 1. The molecule has 5 aromatic rings. The van der Waals surface area contributed by atoms with Crippen LogP contribution < -0.4 is 29.7 Å². The summed E-state index contributed by atoms with van der Waals surface area (Å²) in [7, 11) is 1.58. The van der Waals surface area contributed by atoms with Crippen molar-refractivity contribution in [2.45, 2.75) is 19.6 Å². The summed E-state index contributed by atoms with van der Waals surface area (Å²) in [6.07, 6.45) is 1.76. The van der Waals surface area contributed by atoms with Crippen LogP contribution in [0.25, 0.3) is 6.08 Å². The molecule has 0 aliphatic carbocycles. The molecular weight excluding hydrogens is 674 g/mol. The zero-order valence-corrected chi connectivity index (χ0v) is 27.4. The Kier molecular flexibility index (Phi) is 9.02. The largest absolute Gasteiger partial charge is 0.497 e.